The first-order valence-electron chi connectivity index (χ1n) is 7.59. The molecule has 3 atom stereocenters. The molecule has 112 valence electrons. The van der Waals surface area contributed by atoms with Crippen LogP contribution in [-0.4, -0.2) is 28.4 Å². The number of carbonyl (C=O) groups excluding carboxylic acids is 1. The standard InChI is InChI=1S/C17H21NO3/c1-10-5-6-11(2)12(8-10)15-4-3-7-18(15)16(19)13-9-14(13)17(20)21/h5-6,8,13-15H,3-4,7,9H2,1-2H3,(H,20,21). The molecule has 1 aliphatic carbocycles. The molecule has 1 N–H and O–H groups in total. The van der Waals surface area contributed by atoms with Crippen LogP contribution in [0.3, 0.4) is 0 Å². The maximum atomic E-state index is 12.6. The van der Waals surface area contributed by atoms with Crippen molar-refractivity contribution >= 4 is 11.9 Å². The molecule has 1 aromatic carbocycles. The summed E-state index contributed by atoms with van der Waals surface area (Å²) in [7, 11) is 0. The number of aliphatic carboxylic acids is 1. The van der Waals surface area contributed by atoms with Gasteiger partial charge in [-0.25, -0.2) is 0 Å². The van der Waals surface area contributed by atoms with Gasteiger partial charge in [0.2, 0.25) is 5.91 Å². The van der Waals surface area contributed by atoms with E-state index in [0.29, 0.717) is 6.42 Å². The Kier molecular flexibility index (Phi) is 3.47. The zero-order valence-corrected chi connectivity index (χ0v) is 12.5. The van der Waals surface area contributed by atoms with Crippen LogP contribution in [0.5, 0.6) is 0 Å². The van der Waals surface area contributed by atoms with Gasteiger partial charge in [-0.15, -0.1) is 0 Å². The molecule has 21 heavy (non-hydrogen) atoms. The van der Waals surface area contributed by atoms with E-state index in [1.54, 1.807) is 0 Å². The van der Waals surface area contributed by atoms with Crippen LogP contribution in [0.15, 0.2) is 18.2 Å². The van der Waals surface area contributed by atoms with Gasteiger partial charge in [0.05, 0.1) is 17.9 Å². The van der Waals surface area contributed by atoms with E-state index in [2.05, 4.69) is 32.0 Å². The third kappa shape index (κ3) is 2.55. The molecule has 0 spiro atoms. The lowest BCUT2D eigenvalue weighted by Crippen LogP contribution is -2.33. The molecule has 3 rings (SSSR count). The molecule has 1 heterocycles. The summed E-state index contributed by atoms with van der Waals surface area (Å²) in [6.07, 6.45) is 2.47. The molecular formula is C17H21NO3. The lowest BCUT2D eigenvalue weighted by atomic mass is 9.97. The van der Waals surface area contributed by atoms with Crippen molar-refractivity contribution in [2.75, 3.05) is 6.54 Å². The van der Waals surface area contributed by atoms with Crippen molar-refractivity contribution in [1.82, 2.24) is 4.90 Å². The number of aryl methyl sites for hydroxylation is 2. The third-order valence-electron chi connectivity index (χ3n) is 4.75. The van der Waals surface area contributed by atoms with Crippen LogP contribution < -0.4 is 0 Å². The van der Waals surface area contributed by atoms with Gasteiger partial charge in [-0.2, -0.15) is 0 Å². The summed E-state index contributed by atoms with van der Waals surface area (Å²) in [5.74, 6) is -1.56. The first kappa shape index (κ1) is 14.1. The number of carboxylic acid groups (broad SMARTS) is 1. The molecule has 1 saturated carbocycles. The van der Waals surface area contributed by atoms with Crippen LogP contribution in [0, 0.1) is 25.7 Å². The Balaban J connectivity index is 1.81. The summed E-state index contributed by atoms with van der Waals surface area (Å²) in [4.78, 5) is 25.4. The summed E-state index contributed by atoms with van der Waals surface area (Å²) < 4.78 is 0. The quantitative estimate of drug-likeness (QED) is 0.930. The summed E-state index contributed by atoms with van der Waals surface area (Å²) >= 11 is 0. The van der Waals surface area contributed by atoms with E-state index >= 15 is 0 Å². The zero-order chi connectivity index (χ0) is 15.1. The number of rotatable bonds is 3. The number of carboxylic acids is 1. The molecule has 1 amide bonds. The maximum absolute atomic E-state index is 12.6. The van der Waals surface area contributed by atoms with E-state index in [1.165, 1.54) is 16.7 Å². The van der Waals surface area contributed by atoms with Gasteiger partial charge in [0.25, 0.3) is 0 Å². The minimum atomic E-state index is -0.837. The topological polar surface area (TPSA) is 57.6 Å². The average molecular weight is 287 g/mol. The number of likely N-dealkylation sites (tertiary alicyclic amines) is 1. The van der Waals surface area contributed by atoms with Crippen LogP contribution in [0.4, 0.5) is 0 Å². The predicted molar refractivity (Wildman–Crippen MR) is 78.8 cm³/mol. The monoisotopic (exact) mass is 287 g/mol. The van der Waals surface area contributed by atoms with Gasteiger partial charge in [-0.05, 0) is 44.2 Å². The molecule has 1 aliphatic heterocycles. The first-order chi connectivity index (χ1) is 9.99. The minimum Gasteiger partial charge on any atom is -0.481 e. The van der Waals surface area contributed by atoms with Crippen LogP contribution in [-0.2, 0) is 9.59 Å². The van der Waals surface area contributed by atoms with E-state index in [4.69, 9.17) is 5.11 Å². The lowest BCUT2D eigenvalue weighted by molar-refractivity contribution is -0.142. The van der Waals surface area contributed by atoms with Crippen molar-refractivity contribution in [3.8, 4) is 0 Å². The number of hydrogen-bond acceptors (Lipinski definition) is 2. The maximum Gasteiger partial charge on any atom is 0.307 e. The molecular weight excluding hydrogens is 266 g/mol. The first-order valence-corrected chi connectivity index (χ1v) is 7.59. The van der Waals surface area contributed by atoms with Crippen molar-refractivity contribution in [1.29, 1.82) is 0 Å². The van der Waals surface area contributed by atoms with Crippen LogP contribution in [0.25, 0.3) is 0 Å². The summed E-state index contributed by atoms with van der Waals surface area (Å²) in [5, 5.41) is 9.01. The second-order valence-corrected chi connectivity index (χ2v) is 6.34. The van der Waals surface area contributed by atoms with Gasteiger partial charge in [0.1, 0.15) is 0 Å². The van der Waals surface area contributed by atoms with Crippen molar-refractivity contribution < 1.29 is 14.7 Å². The van der Waals surface area contributed by atoms with Crippen molar-refractivity contribution in [3.05, 3.63) is 34.9 Å². The summed E-state index contributed by atoms with van der Waals surface area (Å²) in [5.41, 5.74) is 3.62. The largest absolute Gasteiger partial charge is 0.481 e. The number of amides is 1. The average Bonchev–Trinajstić information content (AvgIpc) is 3.11. The lowest BCUT2D eigenvalue weighted by Gasteiger charge is -2.27. The van der Waals surface area contributed by atoms with Gasteiger partial charge < -0.3 is 10.0 Å². The van der Waals surface area contributed by atoms with Crippen molar-refractivity contribution in [2.45, 2.75) is 39.2 Å². The number of nitrogens with zero attached hydrogens (tertiary/aromatic N) is 1. The Morgan fingerprint density at radius 1 is 1.24 bits per heavy atom. The normalized spacial score (nSPS) is 27.7. The fourth-order valence-electron chi connectivity index (χ4n) is 3.43. The van der Waals surface area contributed by atoms with E-state index in [1.807, 2.05) is 4.90 Å². The fraction of sp³-hybridized carbons (Fsp3) is 0.529. The zero-order valence-electron chi connectivity index (χ0n) is 12.5. The van der Waals surface area contributed by atoms with E-state index in [9.17, 15) is 9.59 Å². The molecule has 1 aromatic rings. The SMILES string of the molecule is Cc1ccc(C)c(C2CCCN2C(=O)C2CC2C(=O)O)c1. The predicted octanol–water partition coefficient (Wildman–Crippen LogP) is 2.69. The van der Waals surface area contributed by atoms with Gasteiger partial charge in [-0.1, -0.05) is 23.8 Å². The Morgan fingerprint density at radius 3 is 2.67 bits per heavy atom. The molecule has 4 heteroatoms. The van der Waals surface area contributed by atoms with Crippen LogP contribution >= 0.6 is 0 Å². The third-order valence-corrected chi connectivity index (χ3v) is 4.75. The summed E-state index contributed by atoms with van der Waals surface area (Å²) in [6, 6.07) is 6.46. The highest BCUT2D eigenvalue weighted by Crippen LogP contribution is 2.44. The Labute approximate surface area is 124 Å². The van der Waals surface area contributed by atoms with Crippen molar-refractivity contribution in [3.63, 3.8) is 0 Å². The van der Waals surface area contributed by atoms with E-state index in [-0.39, 0.29) is 17.9 Å². The van der Waals surface area contributed by atoms with Gasteiger partial charge in [-0.3, -0.25) is 9.59 Å². The Bertz CT molecular complexity index is 596. The second kappa shape index (κ2) is 5.17. The molecule has 2 aliphatic rings. The molecule has 3 unspecified atom stereocenters. The highest BCUT2D eigenvalue weighted by Gasteiger charge is 2.51. The van der Waals surface area contributed by atoms with Gasteiger partial charge >= 0.3 is 5.97 Å². The fourth-order valence-corrected chi connectivity index (χ4v) is 3.43. The minimum absolute atomic E-state index is 0.0332. The summed E-state index contributed by atoms with van der Waals surface area (Å²) in [6.45, 7) is 4.89. The number of carbonyl (C=O) groups is 2. The van der Waals surface area contributed by atoms with Crippen LogP contribution in [0.1, 0.15) is 42.0 Å². The van der Waals surface area contributed by atoms with Gasteiger partial charge in [0.15, 0.2) is 0 Å². The van der Waals surface area contributed by atoms with Crippen molar-refractivity contribution in [2.24, 2.45) is 11.8 Å². The van der Waals surface area contributed by atoms with Crippen LogP contribution in [0.2, 0.25) is 0 Å². The Hall–Kier alpha value is -1.84. The van der Waals surface area contributed by atoms with Gasteiger partial charge in [0, 0.05) is 6.54 Å². The number of hydrogen-bond donors (Lipinski definition) is 1. The highest BCUT2D eigenvalue weighted by molar-refractivity contribution is 5.89. The molecule has 4 nitrogen and oxygen atoms in total. The van der Waals surface area contributed by atoms with E-state index < -0.39 is 11.9 Å². The smallest absolute Gasteiger partial charge is 0.307 e. The van der Waals surface area contributed by atoms with E-state index in [0.717, 1.165) is 19.4 Å². The molecule has 0 radical (unpaired) electrons. The molecule has 0 bridgehead atoms. The second-order valence-electron chi connectivity index (χ2n) is 6.34. The molecule has 0 aromatic heterocycles. The highest BCUT2D eigenvalue weighted by atomic mass is 16.4. The Morgan fingerprint density at radius 2 is 2.00 bits per heavy atom. The molecule has 2 fully saturated rings. The molecule has 1 saturated heterocycles. The number of benzene rings is 1.